The molecule has 2 aromatic rings. The third-order valence-electron chi connectivity index (χ3n) is 3.16. The van der Waals surface area contributed by atoms with E-state index in [1.807, 2.05) is 39.0 Å². The second-order valence-corrected chi connectivity index (χ2v) is 8.07. The van der Waals surface area contributed by atoms with Gasteiger partial charge in [-0.05, 0) is 24.3 Å². The van der Waals surface area contributed by atoms with E-state index in [0.29, 0.717) is 14.9 Å². The normalized spacial score (nSPS) is 13.4. The van der Waals surface area contributed by atoms with Crippen molar-refractivity contribution in [3.63, 3.8) is 0 Å². The van der Waals surface area contributed by atoms with E-state index in [2.05, 4.69) is 20.9 Å². The van der Waals surface area contributed by atoms with Gasteiger partial charge in [0.2, 0.25) is 0 Å². The lowest BCUT2D eigenvalue weighted by atomic mass is 9.91. The molecule has 0 saturated heterocycles. The molecule has 0 aliphatic rings. The fourth-order valence-corrected chi connectivity index (χ4v) is 3.07. The summed E-state index contributed by atoms with van der Waals surface area (Å²) in [7, 11) is 1.58. The molecule has 2 rings (SSSR count). The second kappa shape index (κ2) is 6.84. The molecule has 0 fully saturated rings. The summed E-state index contributed by atoms with van der Waals surface area (Å²) in [6.45, 7) is 5.53. The van der Waals surface area contributed by atoms with E-state index in [1.165, 1.54) is 17.4 Å². The number of methoxy groups -OCH3 is 1. The van der Waals surface area contributed by atoms with Crippen LogP contribution in [0, 0.1) is 5.41 Å². The SMILES string of the molecule is COc1ccc(Br)cc1/C=c1\s/c(=C\C(=O)C(C)(C)C)[nH]c1=O. The summed E-state index contributed by atoms with van der Waals surface area (Å²) >= 11 is 4.66. The zero-order valence-electron chi connectivity index (χ0n) is 13.4. The molecule has 1 aromatic carbocycles. The summed E-state index contributed by atoms with van der Waals surface area (Å²) in [5.41, 5.74) is 0.103. The Bertz CT molecular complexity index is 903. The van der Waals surface area contributed by atoms with E-state index in [0.717, 1.165) is 10.0 Å². The molecule has 0 aliphatic heterocycles. The molecular weight excluding hydrogens is 378 g/mol. The molecule has 1 heterocycles. The lowest BCUT2D eigenvalue weighted by molar-refractivity contribution is -0.119. The standard InChI is InChI=1S/C17H18BrNO3S/c1-17(2,3)14(20)9-15-19-16(21)13(23-15)8-10-7-11(18)5-6-12(10)22-4/h5-9H,1-4H3,(H,19,21)/b13-8-,15-9-. The minimum absolute atomic E-state index is 0.0263. The molecule has 0 amide bonds. The van der Waals surface area contributed by atoms with Crippen LogP contribution in [0.1, 0.15) is 26.3 Å². The highest BCUT2D eigenvalue weighted by Gasteiger charge is 2.18. The van der Waals surface area contributed by atoms with Crippen LogP contribution in [0.4, 0.5) is 0 Å². The molecule has 0 aliphatic carbocycles. The maximum absolute atomic E-state index is 12.1. The maximum Gasteiger partial charge on any atom is 0.266 e. The molecule has 6 heteroatoms. The summed E-state index contributed by atoms with van der Waals surface area (Å²) in [4.78, 5) is 26.9. The number of carbonyl (C=O) groups is 1. The van der Waals surface area contributed by atoms with Crippen molar-refractivity contribution < 1.29 is 9.53 Å². The Morgan fingerprint density at radius 3 is 2.65 bits per heavy atom. The minimum Gasteiger partial charge on any atom is -0.496 e. The Morgan fingerprint density at radius 1 is 1.35 bits per heavy atom. The summed E-state index contributed by atoms with van der Waals surface area (Å²) in [5, 5.41) is 0. The van der Waals surface area contributed by atoms with E-state index in [1.54, 1.807) is 13.2 Å². The van der Waals surface area contributed by atoms with E-state index in [9.17, 15) is 9.59 Å². The van der Waals surface area contributed by atoms with E-state index in [4.69, 9.17) is 4.74 Å². The molecule has 1 N–H and O–H groups in total. The number of hydrogen-bond acceptors (Lipinski definition) is 4. The highest BCUT2D eigenvalue weighted by Crippen LogP contribution is 2.23. The number of benzene rings is 1. The van der Waals surface area contributed by atoms with E-state index < -0.39 is 5.41 Å². The van der Waals surface area contributed by atoms with Crippen LogP contribution in [0.5, 0.6) is 5.75 Å². The lowest BCUT2D eigenvalue weighted by Gasteiger charge is -2.12. The fraction of sp³-hybridized carbons (Fsp3) is 0.294. The second-order valence-electron chi connectivity index (χ2n) is 6.07. The number of halogens is 1. The fourth-order valence-electron chi connectivity index (χ4n) is 1.82. The van der Waals surface area contributed by atoms with Gasteiger partial charge in [-0.1, -0.05) is 36.7 Å². The number of thiazole rings is 1. The van der Waals surface area contributed by atoms with Gasteiger partial charge in [0.05, 0.1) is 16.3 Å². The van der Waals surface area contributed by atoms with Crippen molar-refractivity contribution >= 4 is 45.2 Å². The number of rotatable bonds is 3. The van der Waals surface area contributed by atoms with E-state index >= 15 is 0 Å². The molecule has 0 unspecified atom stereocenters. The van der Waals surface area contributed by atoms with Gasteiger partial charge in [0.1, 0.15) is 5.75 Å². The highest BCUT2D eigenvalue weighted by atomic mass is 79.9. The number of Topliss-reactive ketones (excluding diaryl/α,β-unsaturated/α-hetero) is 1. The lowest BCUT2D eigenvalue weighted by Crippen LogP contribution is -2.22. The smallest absolute Gasteiger partial charge is 0.266 e. The molecule has 0 radical (unpaired) electrons. The average Bonchev–Trinajstić information content (AvgIpc) is 2.78. The summed E-state index contributed by atoms with van der Waals surface area (Å²) in [6.07, 6.45) is 3.24. The molecule has 122 valence electrons. The molecule has 0 atom stereocenters. The van der Waals surface area contributed by atoms with Gasteiger partial charge in [-0.2, -0.15) is 0 Å². The van der Waals surface area contributed by atoms with Crippen LogP contribution >= 0.6 is 27.3 Å². The highest BCUT2D eigenvalue weighted by molar-refractivity contribution is 9.10. The van der Waals surface area contributed by atoms with Crippen molar-refractivity contribution in [2.45, 2.75) is 20.8 Å². The zero-order chi connectivity index (χ0) is 17.2. The summed E-state index contributed by atoms with van der Waals surface area (Å²) in [6, 6.07) is 5.57. The van der Waals surface area contributed by atoms with Crippen LogP contribution in [-0.4, -0.2) is 17.9 Å². The number of carbonyl (C=O) groups excluding carboxylic acids is 1. The number of ketones is 1. The first-order chi connectivity index (χ1) is 10.7. The van der Waals surface area contributed by atoms with Gasteiger partial charge in [0.15, 0.2) is 5.78 Å². The van der Waals surface area contributed by atoms with Gasteiger partial charge in [0.25, 0.3) is 5.56 Å². The van der Waals surface area contributed by atoms with Crippen molar-refractivity contribution in [3.8, 4) is 5.75 Å². The first kappa shape index (κ1) is 17.7. The number of H-pyrrole nitrogens is 1. The Hall–Kier alpha value is -1.66. The summed E-state index contributed by atoms with van der Waals surface area (Å²) in [5.74, 6) is 0.652. The van der Waals surface area contributed by atoms with Crippen molar-refractivity contribution in [1.29, 1.82) is 0 Å². The number of aromatic nitrogens is 1. The van der Waals surface area contributed by atoms with Crippen LogP contribution in [0.3, 0.4) is 0 Å². The third kappa shape index (κ3) is 4.42. The maximum atomic E-state index is 12.1. The zero-order valence-corrected chi connectivity index (χ0v) is 15.8. The van der Waals surface area contributed by atoms with Crippen molar-refractivity contribution in [1.82, 2.24) is 4.98 Å². The van der Waals surface area contributed by atoms with Crippen molar-refractivity contribution in [2.24, 2.45) is 5.41 Å². The number of nitrogens with one attached hydrogen (secondary N) is 1. The van der Waals surface area contributed by atoms with Gasteiger partial charge in [-0.25, -0.2) is 0 Å². The van der Waals surface area contributed by atoms with Crippen LogP contribution in [-0.2, 0) is 4.79 Å². The first-order valence-corrected chi connectivity index (χ1v) is 8.62. The Labute approximate surface area is 146 Å². The minimum atomic E-state index is -0.474. The van der Waals surface area contributed by atoms with E-state index in [-0.39, 0.29) is 11.3 Å². The summed E-state index contributed by atoms with van der Waals surface area (Å²) < 4.78 is 7.28. The number of hydrogen-bond donors (Lipinski definition) is 1. The number of aromatic amines is 1. The van der Waals surface area contributed by atoms with Gasteiger partial charge >= 0.3 is 0 Å². The Morgan fingerprint density at radius 2 is 2.04 bits per heavy atom. The predicted octanol–water partition coefficient (Wildman–Crippen LogP) is 2.43. The van der Waals surface area contributed by atoms with Crippen LogP contribution < -0.4 is 19.5 Å². The van der Waals surface area contributed by atoms with Crippen molar-refractivity contribution in [3.05, 3.63) is 47.8 Å². The predicted molar refractivity (Wildman–Crippen MR) is 97.4 cm³/mol. The molecule has 1 aromatic heterocycles. The van der Waals surface area contributed by atoms with Crippen LogP contribution in [0.25, 0.3) is 12.2 Å². The van der Waals surface area contributed by atoms with Crippen LogP contribution in [0.15, 0.2) is 27.5 Å². The first-order valence-electron chi connectivity index (χ1n) is 7.01. The molecule has 0 bridgehead atoms. The molecule has 23 heavy (non-hydrogen) atoms. The molecule has 0 spiro atoms. The Balaban J connectivity index is 2.55. The van der Waals surface area contributed by atoms with Gasteiger partial charge in [-0.3, -0.25) is 9.59 Å². The monoisotopic (exact) mass is 395 g/mol. The van der Waals surface area contributed by atoms with Crippen molar-refractivity contribution in [2.75, 3.05) is 7.11 Å². The molecule has 4 nitrogen and oxygen atoms in total. The molecular formula is C17H18BrNO3S. The van der Waals surface area contributed by atoms with Gasteiger partial charge in [-0.15, -0.1) is 11.3 Å². The van der Waals surface area contributed by atoms with Gasteiger partial charge in [0, 0.05) is 21.5 Å². The third-order valence-corrected chi connectivity index (χ3v) is 4.62. The quantitative estimate of drug-likeness (QED) is 0.867. The molecule has 0 saturated carbocycles. The van der Waals surface area contributed by atoms with Crippen LogP contribution in [0.2, 0.25) is 0 Å². The average molecular weight is 396 g/mol. The van der Waals surface area contributed by atoms with Gasteiger partial charge < -0.3 is 9.72 Å². The number of ether oxygens (including phenoxy) is 1. The topological polar surface area (TPSA) is 59.2 Å². The largest absolute Gasteiger partial charge is 0.496 e. The Kier molecular flexibility index (Phi) is 5.26.